The van der Waals surface area contributed by atoms with Crippen LogP contribution in [0.15, 0.2) is 85.1 Å². The lowest BCUT2D eigenvalue weighted by atomic mass is 10.0. The fraction of sp³-hybridized carbons (Fsp3) is 0.148. The first-order valence-corrected chi connectivity index (χ1v) is 11.2. The van der Waals surface area contributed by atoms with E-state index in [9.17, 15) is 9.18 Å². The molecule has 0 amide bonds. The highest BCUT2D eigenvalue weighted by atomic mass is 19.1. The summed E-state index contributed by atoms with van der Waals surface area (Å²) in [5.74, 6) is -0.676. The predicted molar refractivity (Wildman–Crippen MR) is 132 cm³/mol. The molecule has 178 valence electrons. The molecular weight excluding hydrogens is 447 g/mol. The van der Waals surface area contributed by atoms with Gasteiger partial charge >= 0.3 is 11.9 Å². The summed E-state index contributed by atoms with van der Waals surface area (Å²) in [6.07, 6.45) is 1.94. The Morgan fingerprint density at radius 1 is 1.06 bits per heavy atom. The van der Waals surface area contributed by atoms with Gasteiger partial charge in [0, 0.05) is 12.0 Å². The van der Waals surface area contributed by atoms with Crippen LogP contribution in [0.1, 0.15) is 22.8 Å². The minimum atomic E-state index is -0.599. The van der Waals surface area contributed by atoms with E-state index in [2.05, 4.69) is 10.3 Å². The van der Waals surface area contributed by atoms with Gasteiger partial charge in [-0.1, -0.05) is 60.7 Å². The van der Waals surface area contributed by atoms with Crippen molar-refractivity contribution in [3.63, 3.8) is 0 Å². The standard InChI is InChI=1S/C27H25FN4O3/c1-2-34-26(33)23-18-30-27(32(25(23)29)35-16-15-19-9-5-3-6-10-19)31-21-13-14-24(28)22(17-21)20-11-7-4-8-12-20/h3-14,17-18H,2,15-16H2,1H3,(H2,29,30,31,33)/p+1. The van der Waals surface area contributed by atoms with Crippen LogP contribution in [0.5, 0.6) is 0 Å². The summed E-state index contributed by atoms with van der Waals surface area (Å²) in [6.45, 7) is 2.19. The molecule has 0 saturated carbocycles. The van der Waals surface area contributed by atoms with Crippen LogP contribution in [0.2, 0.25) is 0 Å². The minimum absolute atomic E-state index is 0.0411. The van der Waals surface area contributed by atoms with Crippen LogP contribution >= 0.6 is 0 Å². The third-order valence-electron chi connectivity index (χ3n) is 5.26. The van der Waals surface area contributed by atoms with Crippen molar-refractivity contribution in [2.24, 2.45) is 0 Å². The summed E-state index contributed by atoms with van der Waals surface area (Å²) in [5.41, 5.74) is 9.21. The number of anilines is 3. The molecule has 4 rings (SSSR count). The van der Waals surface area contributed by atoms with Crippen LogP contribution in [0.4, 0.5) is 21.8 Å². The number of nitrogen functional groups attached to an aromatic ring is 1. The Bertz CT molecular complexity index is 1300. The fourth-order valence-electron chi connectivity index (χ4n) is 3.52. The van der Waals surface area contributed by atoms with E-state index in [1.54, 1.807) is 19.1 Å². The number of nitrogens with two attached hydrogens (primary N) is 1. The molecule has 0 aliphatic rings. The molecule has 0 bridgehead atoms. The van der Waals surface area contributed by atoms with Crippen molar-refractivity contribution < 1.29 is 23.5 Å². The maximum absolute atomic E-state index is 14.5. The number of aromatic nitrogens is 2. The monoisotopic (exact) mass is 473 g/mol. The summed E-state index contributed by atoms with van der Waals surface area (Å²) in [5, 5.41) is 3.13. The Morgan fingerprint density at radius 3 is 2.49 bits per heavy atom. The predicted octanol–water partition coefficient (Wildman–Crippen LogP) is 4.35. The van der Waals surface area contributed by atoms with Gasteiger partial charge in [-0.15, -0.1) is 4.98 Å². The van der Waals surface area contributed by atoms with E-state index >= 15 is 0 Å². The molecule has 7 nitrogen and oxygen atoms in total. The first-order valence-electron chi connectivity index (χ1n) is 11.2. The molecule has 0 aliphatic heterocycles. The van der Waals surface area contributed by atoms with E-state index in [-0.39, 0.29) is 36.4 Å². The Hall–Kier alpha value is -4.46. The molecule has 0 saturated heterocycles. The van der Waals surface area contributed by atoms with Gasteiger partial charge in [-0.25, -0.2) is 9.18 Å². The third kappa shape index (κ3) is 5.73. The van der Waals surface area contributed by atoms with E-state index < -0.39 is 5.97 Å². The largest absolute Gasteiger partial charge is 0.462 e. The van der Waals surface area contributed by atoms with E-state index in [0.29, 0.717) is 17.7 Å². The number of carbonyl (C=O) groups excluding carboxylic acids is 1. The van der Waals surface area contributed by atoms with Crippen LogP contribution in [0.3, 0.4) is 0 Å². The number of hydrogen-bond acceptors (Lipinski definition) is 6. The van der Waals surface area contributed by atoms with Crippen molar-refractivity contribution in [2.75, 3.05) is 24.3 Å². The molecule has 0 fully saturated rings. The first kappa shape index (κ1) is 23.7. The first-order chi connectivity index (χ1) is 17.1. The summed E-state index contributed by atoms with van der Waals surface area (Å²) >= 11 is 0. The van der Waals surface area contributed by atoms with Crippen LogP contribution in [-0.2, 0) is 11.2 Å². The van der Waals surface area contributed by atoms with Gasteiger partial charge in [0.2, 0.25) is 5.82 Å². The van der Waals surface area contributed by atoms with Gasteiger partial charge in [0.15, 0.2) is 5.56 Å². The zero-order chi connectivity index (χ0) is 24.6. The zero-order valence-corrected chi connectivity index (χ0v) is 19.3. The highest BCUT2D eigenvalue weighted by molar-refractivity contribution is 5.93. The fourth-order valence-corrected chi connectivity index (χ4v) is 3.52. The maximum Gasteiger partial charge on any atom is 0.388 e. The normalized spacial score (nSPS) is 10.6. The quantitative estimate of drug-likeness (QED) is 0.278. The van der Waals surface area contributed by atoms with Crippen LogP contribution in [0.25, 0.3) is 11.1 Å². The molecule has 1 aromatic heterocycles. The lowest BCUT2D eigenvalue weighted by Crippen LogP contribution is -2.49. The van der Waals surface area contributed by atoms with Gasteiger partial charge < -0.3 is 15.3 Å². The van der Waals surface area contributed by atoms with Gasteiger partial charge in [-0.05, 0) is 41.0 Å². The molecule has 0 aliphatic carbocycles. The molecule has 8 heteroatoms. The summed E-state index contributed by atoms with van der Waals surface area (Å²) in [6, 6.07) is 23.7. The second-order valence-electron chi connectivity index (χ2n) is 7.65. The average Bonchev–Trinajstić information content (AvgIpc) is 2.88. The van der Waals surface area contributed by atoms with Gasteiger partial charge in [0.05, 0.1) is 12.3 Å². The topological polar surface area (TPSA) is 90.3 Å². The number of ether oxygens (including phenoxy) is 1. The van der Waals surface area contributed by atoms with Gasteiger partial charge in [-0.3, -0.25) is 5.32 Å². The number of nitrogens with zero attached hydrogens (tertiary/aromatic N) is 2. The third-order valence-corrected chi connectivity index (χ3v) is 5.26. The van der Waals surface area contributed by atoms with Gasteiger partial charge in [0.1, 0.15) is 18.6 Å². The highest BCUT2D eigenvalue weighted by Crippen LogP contribution is 2.27. The Kier molecular flexibility index (Phi) is 7.52. The average molecular weight is 474 g/mol. The summed E-state index contributed by atoms with van der Waals surface area (Å²) in [7, 11) is 0. The maximum atomic E-state index is 14.5. The molecule has 35 heavy (non-hydrogen) atoms. The Morgan fingerprint density at radius 2 is 1.77 bits per heavy atom. The molecule has 0 spiro atoms. The van der Waals surface area contributed by atoms with Crippen molar-refractivity contribution in [3.8, 4) is 11.1 Å². The number of carbonyl (C=O) groups is 1. The molecule has 0 unspecified atom stereocenters. The van der Waals surface area contributed by atoms with E-state index in [4.69, 9.17) is 15.3 Å². The molecule has 0 radical (unpaired) electrons. The van der Waals surface area contributed by atoms with Crippen molar-refractivity contribution >= 4 is 23.4 Å². The SMILES string of the molecule is CCOC(=O)c1cnc(Nc2ccc(F)c(-c3ccccc3)c2)[n+](OCCc2ccccc2)c1N. The zero-order valence-electron chi connectivity index (χ0n) is 19.3. The number of rotatable bonds is 9. The second-order valence-corrected chi connectivity index (χ2v) is 7.65. The smallest absolute Gasteiger partial charge is 0.388 e. The van der Waals surface area contributed by atoms with Crippen molar-refractivity contribution in [1.82, 2.24) is 4.98 Å². The van der Waals surface area contributed by atoms with E-state index in [1.807, 2.05) is 60.7 Å². The summed E-state index contributed by atoms with van der Waals surface area (Å²) < 4.78 is 20.9. The lowest BCUT2D eigenvalue weighted by Gasteiger charge is -2.13. The molecule has 3 N–H and O–H groups in total. The van der Waals surface area contributed by atoms with E-state index in [0.717, 1.165) is 11.1 Å². The highest BCUT2D eigenvalue weighted by Gasteiger charge is 2.25. The number of halogens is 1. The number of nitrogens with one attached hydrogen (secondary N) is 1. The van der Waals surface area contributed by atoms with Crippen LogP contribution in [0, 0.1) is 5.82 Å². The van der Waals surface area contributed by atoms with Crippen molar-refractivity contribution in [1.29, 1.82) is 0 Å². The van der Waals surface area contributed by atoms with Crippen molar-refractivity contribution in [3.05, 3.63) is 102 Å². The molecule has 0 atom stereocenters. The Balaban J connectivity index is 1.64. The number of benzene rings is 3. The van der Waals surface area contributed by atoms with E-state index in [1.165, 1.54) is 17.0 Å². The molecular formula is C27H26FN4O3+. The summed E-state index contributed by atoms with van der Waals surface area (Å²) in [4.78, 5) is 22.6. The number of esters is 1. The second kappa shape index (κ2) is 11.1. The molecule has 4 aromatic rings. The Labute approximate surface area is 202 Å². The van der Waals surface area contributed by atoms with Crippen LogP contribution < -0.4 is 20.6 Å². The lowest BCUT2D eigenvalue weighted by molar-refractivity contribution is -0.870. The van der Waals surface area contributed by atoms with Crippen molar-refractivity contribution in [2.45, 2.75) is 13.3 Å². The molecule has 1 heterocycles. The minimum Gasteiger partial charge on any atom is -0.462 e. The van der Waals surface area contributed by atoms with Gasteiger partial charge in [0.25, 0.3) is 0 Å². The van der Waals surface area contributed by atoms with Crippen LogP contribution in [-0.4, -0.2) is 24.2 Å². The molecule has 3 aromatic carbocycles. The number of hydrogen-bond donors (Lipinski definition) is 2. The van der Waals surface area contributed by atoms with Gasteiger partial charge in [-0.2, -0.15) is 0 Å².